The maximum Gasteiger partial charge on any atom is 0.150 e. The van der Waals surface area contributed by atoms with Gasteiger partial charge in [0.1, 0.15) is 6.29 Å². The second kappa shape index (κ2) is 7.04. The number of hydrogen-bond donors (Lipinski definition) is 0. The highest BCUT2D eigenvalue weighted by molar-refractivity contribution is 5.84. The normalized spacial score (nSPS) is 10.2. The van der Waals surface area contributed by atoms with Crippen LogP contribution >= 0.6 is 0 Å². The van der Waals surface area contributed by atoms with E-state index in [-0.39, 0.29) is 0 Å². The average molecular weight is 333 g/mol. The molecule has 0 saturated carbocycles. The summed E-state index contributed by atoms with van der Waals surface area (Å²) in [5.41, 5.74) is 5.30. The monoisotopic (exact) mass is 333 g/mol. The van der Waals surface area contributed by atoms with E-state index in [4.69, 9.17) is 4.98 Å². The van der Waals surface area contributed by atoms with Crippen molar-refractivity contribution >= 4 is 17.2 Å². The molecule has 4 aromatic rings. The van der Waals surface area contributed by atoms with Crippen LogP contribution in [0.25, 0.3) is 22.2 Å². The van der Waals surface area contributed by atoms with Crippen LogP contribution in [-0.2, 0) is 0 Å². The Morgan fingerprint density at radius 2 is 1.58 bits per heavy atom. The van der Waals surface area contributed by atoms with E-state index < -0.39 is 0 Å². The van der Waals surface area contributed by atoms with Gasteiger partial charge in [-0.05, 0) is 42.5 Å². The number of hydrogen-bond acceptors (Lipinski definition) is 2. The lowest BCUT2D eigenvalue weighted by molar-refractivity contribution is 0.112. The molecule has 0 N–H and O–H groups in total. The van der Waals surface area contributed by atoms with E-state index in [1.165, 1.54) is 0 Å². The van der Waals surface area contributed by atoms with E-state index in [1.54, 1.807) is 6.07 Å². The predicted molar refractivity (Wildman–Crippen MR) is 105 cm³/mol. The second-order valence-corrected chi connectivity index (χ2v) is 5.96. The van der Waals surface area contributed by atoms with E-state index in [9.17, 15) is 4.79 Å². The lowest BCUT2D eigenvalue weighted by atomic mass is 10.1. The van der Waals surface area contributed by atoms with Crippen molar-refractivity contribution in [3.63, 3.8) is 0 Å². The summed E-state index contributed by atoms with van der Waals surface area (Å²) in [7, 11) is 0. The van der Waals surface area contributed by atoms with Gasteiger partial charge in [0, 0.05) is 27.6 Å². The van der Waals surface area contributed by atoms with Crippen molar-refractivity contribution in [2.75, 3.05) is 0 Å². The van der Waals surface area contributed by atoms with Crippen LogP contribution in [0.15, 0.2) is 84.9 Å². The summed E-state index contributed by atoms with van der Waals surface area (Å²) < 4.78 is 0. The molecule has 0 spiro atoms. The van der Waals surface area contributed by atoms with Gasteiger partial charge in [0.2, 0.25) is 0 Å². The number of pyridine rings is 1. The number of fused-ring (bicyclic) bond motifs is 1. The van der Waals surface area contributed by atoms with Crippen molar-refractivity contribution in [1.29, 1.82) is 0 Å². The van der Waals surface area contributed by atoms with Gasteiger partial charge in [-0.1, -0.05) is 54.3 Å². The Kier molecular flexibility index (Phi) is 4.28. The third kappa shape index (κ3) is 3.38. The summed E-state index contributed by atoms with van der Waals surface area (Å²) >= 11 is 0. The number of nitrogens with zero attached hydrogens (tertiary/aromatic N) is 1. The highest BCUT2D eigenvalue weighted by Crippen LogP contribution is 2.22. The van der Waals surface area contributed by atoms with Crippen LogP contribution in [0.3, 0.4) is 0 Å². The van der Waals surface area contributed by atoms with Crippen LogP contribution in [-0.4, -0.2) is 11.3 Å². The molecular weight excluding hydrogens is 318 g/mol. The molecule has 0 bridgehead atoms. The Morgan fingerprint density at radius 1 is 0.731 bits per heavy atom. The summed E-state index contributed by atoms with van der Waals surface area (Å²) in [5, 5.41) is 1.04. The smallest absolute Gasteiger partial charge is 0.150 e. The largest absolute Gasteiger partial charge is 0.298 e. The molecule has 1 aromatic heterocycles. The first-order chi connectivity index (χ1) is 12.8. The number of carbonyl (C=O) groups excluding carboxylic acids is 1. The molecule has 26 heavy (non-hydrogen) atoms. The van der Waals surface area contributed by atoms with Gasteiger partial charge in [-0.25, -0.2) is 4.98 Å². The summed E-state index contributed by atoms with van der Waals surface area (Å²) in [5.74, 6) is 6.37. The van der Waals surface area contributed by atoms with E-state index in [1.807, 2.05) is 78.9 Å². The molecule has 1 heterocycles. The first-order valence-electron chi connectivity index (χ1n) is 8.35. The molecular formula is C24H15NO. The highest BCUT2D eigenvalue weighted by Gasteiger charge is 2.03. The van der Waals surface area contributed by atoms with Crippen LogP contribution in [0.1, 0.15) is 21.5 Å². The lowest BCUT2D eigenvalue weighted by Crippen LogP contribution is -1.88. The second-order valence-electron chi connectivity index (χ2n) is 5.96. The lowest BCUT2D eigenvalue weighted by Gasteiger charge is -2.04. The fourth-order valence-corrected chi connectivity index (χ4v) is 2.80. The first kappa shape index (κ1) is 15.8. The zero-order valence-electron chi connectivity index (χ0n) is 14.0. The SMILES string of the molecule is O=Cc1cccc(-c2ccc3cc(C#Cc4ccccc4)ccc3n2)c1. The molecule has 122 valence electrons. The van der Waals surface area contributed by atoms with Gasteiger partial charge in [0.15, 0.2) is 0 Å². The average Bonchev–Trinajstić information content (AvgIpc) is 2.72. The number of benzene rings is 3. The van der Waals surface area contributed by atoms with Gasteiger partial charge in [-0.15, -0.1) is 0 Å². The van der Waals surface area contributed by atoms with E-state index in [2.05, 4.69) is 11.8 Å². The Morgan fingerprint density at radius 3 is 2.42 bits per heavy atom. The molecule has 0 aliphatic heterocycles. The van der Waals surface area contributed by atoms with E-state index >= 15 is 0 Å². The topological polar surface area (TPSA) is 30.0 Å². The van der Waals surface area contributed by atoms with Crippen molar-refractivity contribution in [2.24, 2.45) is 0 Å². The molecule has 2 nitrogen and oxygen atoms in total. The van der Waals surface area contributed by atoms with Gasteiger partial charge >= 0.3 is 0 Å². The van der Waals surface area contributed by atoms with Crippen molar-refractivity contribution in [1.82, 2.24) is 4.98 Å². The van der Waals surface area contributed by atoms with Crippen LogP contribution in [0.5, 0.6) is 0 Å². The number of aromatic nitrogens is 1. The number of carbonyl (C=O) groups is 1. The maximum absolute atomic E-state index is 11.0. The third-order valence-electron chi connectivity index (χ3n) is 4.13. The summed E-state index contributed by atoms with van der Waals surface area (Å²) in [4.78, 5) is 15.7. The predicted octanol–water partition coefficient (Wildman–Crippen LogP) is 5.11. The molecule has 0 aliphatic carbocycles. The molecule has 0 atom stereocenters. The molecule has 0 unspecified atom stereocenters. The van der Waals surface area contributed by atoms with Crippen LogP contribution in [0.2, 0.25) is 0 Å². The third-order valence-corrected chi connectivity index (χ3v) is 4.13. The minimum atomic E-state index is 0.649. The molecule has 3 aromatic carbocycles. The zero-order valence-corrected chi connectivity index (χ0v) is 14.0. The fraction of sp³-hybridized carbons (Fsp3) is 0. The van der Waals surface area contributed by atoms with Gasteiger partial charge in [-0.2, -0.15) is 0 Å². The number of rotatable bonds is 2. The zero-order chi connectivity index (χ0) is 17.8. The van der Waals surface area contributed by atoms with E-state index in [0.717, 1.165) is 39.6 Å². The maximum atomic E-state index is 11.0. The minimum absolute atomic E-state index is 0.649. The fourth-order valence-electron chi connectivity index (χ4n) is 2.80. The molecule has 0 radical (unpaired) electrons. The van der Waals surface area contributed by atoms with Gasteiger partial charge in [0.05, 0.1) is 11.2 Å². The number of aldehydes is 1. The molecule has 4 rings (SSSR count). The summed E-state index contributed by atoms with van der Waals surface area (Å²) in [6.07, 6.45) is 0.849. The minimum Gasteiger partial charge on any atom is -0.298 e. The van der Waals surface area contributed by atoms with Crippen molar-refractivity contribution in [3.05, 3.63) is 102 Å². The van der Waals surface area contributed by atoms with E-state index in [0.29, 0.717) is 5.56 Å². The Balaban J connectivity index is 1.68. The molecule has 2 heteroatoms. The molecule has 0 aliphatic rings. The van der Waals surface area contributed by atoms with Crippen LogP contribution < -0.4 is 0 Å². The summed E-state index contributed by atoms with van der Waals surface area (Å²) in [6.45, 7) is 0. The standard InChI is InChI=1S/C24H15NO/c26-17-20-7-4-8-21(16-20)24-14-12-22-15-19(11-13-23(22)25-24)10-9-18-5-2-1-3-6-18/h1-8,11-17H. The molecule has 0 fully saturated rings. The van der Waals surface area contributed by atoms with Crippen LogP contribution in [0.4, 0.5) is 0 Å². The van der Waals surface area contributed by atoms with Crippen LogP contribution in [0, 0.1) is 11.8 Å². The first-order valence-corrected chi connectivity index (χ1v) is 8.35. The molecule has 0 saturated heterocycles. The van der Waals surface area contributed by atoms with Crippen molar-refractivity contribution in [2.45, 2.75) is 0 Å². The van der Waals surface area contributed by atoms with Crippen molar-refractivity contribution in [3.8, 4) is 23.1 Å². The Bertz CT molecular complexity index is 1150. The summed E-state index contributed by atoms with van der Waals surface area (Å²) in [6, 6.07) is 27.4. The quantitative estimate of drug-likeness (QED) is 0.377. The van der Waals surface area contributed by atoms with Gasteiger partial charge in [0.25, 0.3) is 0 Å². The van der Waals surface area contributed by atoms with Crippen molar-refractivity contribution < 1.29 is 4.79 Å². The Labute approximate surface area is 152 Å². The van der Waals surface area contributed by atoms with Gasteiger partial charge < -0.3 is 0 Å². The van der Waals surface area contributed by atoms with Gasteiger partial charge in [-0.3, -0.25) is 4.79 Å². The molecule has 0 amide bonds. The highest BCUT2D eigenvalue weighted by atomic mass is 16.1. The Hall–Kier alpha value is -3.70.